The Bertz CT molecular complexity index is 361. The monoisotopic (exact) mass is 301 g/mol. The predicted molar refractivity (Wildman–Crippen MR) is 74.7 cm³/mol. The average Bonchev–Trinajstić information content (AvgIpc) is 2.81. The van der Waals surface area contributed by atoms with Gasteiger partial charge >= 0.3 is 0 Å². The van der Waals surface area contributed by atoms with Crippen molar-refractivity contribution < 1.29 is 0 Å². The molecule has 0 unspecified atom stereocenters. The third-order valence-electron chi connectivity index (χ3n) is 3.46. The minimum absolute atomic E-state index is 0.700. The summed E-state index contributed by atoms with van der Waals surface area (Å²) in [7, 11) is 2.18. The molecule has 0 amide bonds. The Morgan fingerprint density at radius 2 is 2.06 bits per heavy atom. The van der Waals surface area contributed by atoms with E-state index in [1.165, 1.54) is 31.4 Å². The van der Waals surface area contributed by atoms with E-state index in [2.05, 4.69) is 46.1 Å². The van der Waals surface area contributed by atoms with Crippen molar-refractivity contribution in [3.05, 3.63) is 28.8 Å². The molecule has 0 N–H and O–H groups in total. The van der Waals surface area contributed by atoms with Gasteiger partial charge in [-0.3, -0.25) is 0 Å². The molecule has 1 fully saturated rings. The Kier molecular flexibility index (Phi) is 4.15. The fourth-order valence-corrected chi connectivity index (χ4v) is 3.26. The zero-order chi connectivity index (χ0) is 11.5. The highest BCUT2D eigenvalue weighted by atomic mass is 79.9. The van der Waals surface area contributed by atoms with Crippen molar-refractivity contribution in [3.8, 4) is 0 Å². The van der Waals surface area contributed by atoms with Crippen LogP contribution in [0.4, 0.5) is 5.69 Å². The second-order valence-electron chi connectivity index (χ2n) is 4.46. The number of rotatable bonds is 3. The molecule has 0 aliphatic heterocycles. The van der Waals surface area contributed by atoms with Gasteiger partial charge in [0.05, 0.1) is 0 Å². The van der Waals surface area contributed by atoms with Crippen LogP contribution in [0.3, 0.4) is 0 Å². The molecule has 16 heavy (non-hydrogen) atoms. The molecular formula is C13H17BrClN. The maximum Gasteiger partial charge on any atom is 0.0467 e. The van der Waals surface area contributed by atoms with Crippen LogP contribution in [0, 0.1) is 0 Å². The van der Waals surface area contributed by atoms with Crippen LogP contribution >= 0.6 is 27.5 Å². The van der Waals surface area contributed by atoms with Crippen molar-refractivity contribution in [2.24, 2.45) is 0 Å². The average molecular weight is 303 g/mol. The summed E-state index contributed by atoms with van der Waals surface area (Å²) in [5.41, 5.74) is 2.40. The molecule has 1 nitrogen and oxygen atoms in total. The van der Waals surface area contributed by atoms with Gasteiger partial charge < -0.3 is 4.90 Å². The van der Waals surface area contributed by atoms with E-state index in [4.69, 9.17) is 11.6 Å². The lowest BCUT2D eigenvalue weighted by molar-refractivity contribution is 0.653. The molecule has 88 valence electrons. The van der Waals surface area contributed by atoms with Crippen molar-refractivity contribution in [3.63, 3.8) is 0 Å². The molecule has 1 saturated carbocycles. The van der Waals surface area contributed by atoms with Gasteiger partial charge in [0.25, 0.3) is 0 Å². The zero-order valence-corrected chi connectivity index (χ0v) is 11.9. The molecule has 0 spiro atoms. The van der Waals surface area contributed by atoms with E-state index in [1.807, 2.05) is 0 Å². The van der Waals surface area contributed by atoms with Gasteiger partial charge in [-0.25, -0.2) is 0 Å². The molecule has 0 atom stereocenters. The van der Waals surface area contributed by atoms with Crippen LogP contribution in [0.2, 0.25) is 5.02 Å². The summed E-state index contributed by atoms with van der Waals surface area (Å²) in [5.74, 6) is 0. The van der Waals surface area contributed by atoms with E-state index in [0.717, 1.165) is 15.9 Å². The number of benzene rings is 1. The van der Waals surface area contributed by atoms with Crippen molar-refractivity contribution in [1.82, 2.24) is 0 Å². The fourth-order valence-electron chi connectivity index (χ4n) is 2.37. The normalized spacial score (nSPS) is 16.7. The van der Waals surface area contributed by atoms with Crippen LogP contribution in [0.1, 0.15) is 31.2 Å². The van der Waals surface area contributed by atoms with Crippen LogP contribution in [-0.4, -0.2) is 13.1 Å². The van der Waals surface area contributed by atoms with Crippen molar-refractivity contribution in [2.45, 2.75) is 37.1 Å². The van der Waals surface area contributed by atoms with Gasteiger partial charge in [0.1, 0.15) is 0 Å². The Labute approximate surface area is 111 Å². The molecule has 0 bridgehead atoms. The number of alkyl halides is 1. The predicted octanol–water partition coefficient (Wildman–Crippen LogP) is 4.61. The lowest BCUT2D eigenvalue weighted by atomic mass is 10.1. The van der Waals surface area contributed by atoms with Crippen LogP contribution in [-0.2, 0) is 5.33 Å². The van der Waals surface area contributed by atoms with Crippen molar-refractivity contribution in [2.75, 3.05) is 11.9 Å². The van der Waals surface area contributed by atoms with E-state index in [-0.39, 0.29) is 0 Å². The van der Waals surface area contributed by atoms with Gasteiger partial charge in [-0.2, -0.15) is 0 Å². The van der Waals surface area contributed by atoms with Gasteiger partial charge in [-0.15, -0.1) is 0 Å². The Balaban J connectivity index is 2.16. The molecule has 1 aliphatic carbocycles. The van der Waals surface area contributed by atoms with Gasteiger partial charge in [0, 0.05) is 29.1 Å². The van der Waals surface area contributed by atoms with Crippen LogP contribution in [0.15, 0.2) is 18.2 Å². The van der Waals surface area contributed by atoms with Crippen molar-refractivity contribution >= 4 is 33.2 Å². The summed E-state index contributed by atoms with van der Waals surface area (Å²) in [6.07, 6.45) is 5.35. The van der Waals surface area contributed by atoms with Gasteiger partial charge in [0.2, 0.25) is 0 Å². The first-order valence-electron chi connectivity index (χ1n) is 5.79. The molecule has 3 heteroatoms. The summed E-state index contributed by atoms with van der Waals surface area (Å²) in [5, 5.41) is 1.68. The second-order valence-corrected chi connectivity index (χ2v) is 5.43. The summed E-state index contributed by atoms with van der Waals surface area (Å²) in [6.45, 7) is 0. The van der Waals surface area contributed by atoms with E-state index < -0.39 is 0 Å². The summed E-state index contributed by atoms with van der Waals surface area (Å²) in [6, 6.07) is 7.06. The Morgan fingerprint density at radius 1 is 1.38 bits per heavy atom. The third kappa shape index (κ3) is 2.54. The molecule has 1 aromatic carbocycles. The maximum atomic E-state index is 6.22. The summed E-state index contributed by atoms with van der Waals surface area (Å²) >= 11 is 9.66. The number of halogens is 2. The molecule has 1 aromatic rings. The summed E-state index contributed by atoms with van der Waals surface area (Å²) < 4.78 is 0. The van der Waals surface area contributed by atoms with E-state index in [0.29, 0.717) is 6.04 Å². The largest absolute Gasteiger partial charge is 0.372 e. The molecule has 0 heterocycles. The highest BCUT2D eigenvalue weighted by Crippen LogP contribution is 2.30. The molecular weight excluding hydrogens is 286 g/mol. The lowest BCUT2D eigenvalue weighted by Gasteiger charge is -2.27. The Morgan fingerprint density at radius 3 is 2.62 bits per heavy atom. The number of anilines is 1. The number of hydrogen-bond donors (Lipinski definition) is 0. The molecule has 0 aromatic heterocycles. The van der Waals surface area contributed by atoms with Gasteiger partial charge in [0.15, 0.2) is 0 Å². The molecule has 0 saturated heterocycles. The minimum atomic E-state index is 0.700. The standard InChI is InChI=1S/C13H17BrClN/c1-16(11-4-2-3-5-11)12-7-6-10(9-14)13(15)8-12/h6-8,11H,2-5,9H2,1H3. The molecule has 0 radical (unpaired) electrons. The number of hydrogen-bond acceptors (Lipinski definition) is 1. The highest BCUT2D eigenvalue weighted by Gasteiger charge is 2.20. The number of nitrogens with zero attached hydrogens (tertiary/aromatic N) is 1. The minimum Gasteiger partial charge on any atom is -0.372 e. The van der Waals surface area contributed by atoms with Gasteiger partial charge in [-0.1, -0.05) is 46.4 Å². The van der Waals surface area contributed by atoms with Crippen LogP contribution in [0.25, 0.3) is 0 Å². The first-order valence-corrected chi connectivity index (χ1v) is 7.29. The molecule has 1 aliphatic rings. The van der Waals surface area contributed by atoms with E-state index in [1.54, 1.807) is 0 Å². The van der Waals surface area contributed by atoms with Gasteiger partial charge in [-0.05, 0) is 30.5 Å². The van der Waals surface area contributed by atoms with E-state index >= 15 is 0 Å². The Hall–Kier alpha value is -0.210. The van der Waals surface area contributed by atoms with E-state index in [9.17, 15) is 0 Å². The maximum absolute atomic E-state index is 6.22. The van der Waals surface area contributed by atoms with Crippen molar-refractivity contribution in [1.29, 1.82) is 0 Å². The fraction of sp³-hybridized carbons (Fsp3) is 0.538. The van der Waals surface area contributed by atoms with Crippen LogP contribution in [0.5, 0.6) is 0 Å². The summed E-state index contributed by atoms with van der Waals surface area (Å²) in [4.78, 5) is 2.37. The van der Waals surface area contributed by atoms with Crippen LogP contribution < -0.4 is 4.90 Å². The SMILES string of the molecule is CN(c1ccc(CBr)c(Cl)c1)C1CCCC1. The topological polar surface area (TPSA) is 3.24 Å². The lowest BCUT2D eigenvalue weighted by Crippen LogP contribution is -2.28. The molecule has 2 rings (SSSR count). The highest BCUT2D eigenvalue weighted by molar-refractivity contribution is 9.08. The quantitative estimate of drug-likeness (QED) is 0.737. The first kappa shape index (κ1) is 12.3. The third-order valence-corrected chi connectivity index (χ3v) is 4.42. The smallest absolute Gasteiger partial charge is 0.0467 e. The second kappa shape index (κ2) is 5.42. The first-order chi connectivity index (χ1) is 7.72. The zero-order valence-electron chi connectivity index (χ0n) is 9.55.